The summed E-state index contributed by atoms with van der Waals surface area (Å²) in [6.07, 6.45) is 15.1. The first-order valence-corrected chi connectivity index (χ1v) is 17.1. The lowest BCUT2D eigenvalue weighted by Crippen LogP contribution is -2.49. The van der Waals surface area contributed by atoms with Crippen LogP contribution in [0.2, 0.25) is 0 Å². The van der Waals surface area contributed by atoms with Crippen molar-refractivity contribution < 1.29 is 0 Å². The molecule has 226 valence electrons. The minimum absolute atomic E-state index is 0.0461. The predicted molar refractivity (Wildman–Crippen MR) is 197 cm³/mol. The maximum Gasteiger partial charge on any atom is 0.0140 e. The zero-order chi connectivity index (χ0) is 31.4. The summed E-state index contributed by atoms with van der Waals surface area (Å²) in [5.74, 6) is 0.689. The minimum Gasteiger partial charge on any atom is -0.0879 e. The second-order valence-corrected chi connectivity index (χ2v) is 13.7. The molecule has 4 aliphatic rings. The van der Waals surface area contributed by atoms with Crippen LogP contribution in [0.1, 0.15) is 37.3 Å². The van der Waals surface area contributed by atoms with Crippen molar-refractivity contribution in [3.05, 3.63) is 201 Å². The molecule has 0 aromatic heterocycles. The summed E-state index contributed by atoms with van der Waals surface area (Å²) >= 11 is 0. The third-order valence-corrected chi connectivity index (χ3v) is 11.2. The van der Waals surface area contributed by atoms with Gasteiger partial charge < -0.3 is 0 Å². The first-order chi connectivity index (χ1) is 23.2. The van der Waals surface area contributed by atoms with E-state index in [2.05, 4.69) is 171 Å². The fourth-order valence-electron chi connectivity index (χ4n) is 9.06. The zero-order valence-corrected chi connectivity index (χ0v) is 26.9. The molecule has 5 aromatic carbocycles. The highest BCUT2D eigenvalue weighted by Gasteiger charge is 2.46. The average molecular weight is 603 g/mol. The van der Waals surface area contributed by atoms with Crippen molar-refractivity contribution in [1.29, 1.82) is 0 Å². The Balaban J connectivity index is 1.39. The molecule has 4 aliphatic carbocycles. The summed E-state index contributed by atoms with van der Waals surface area (Å²) in [7, 11) is 0. The number of rotatable bonds is 4. The van der Waals surface area contributed by atoms with E-state index < -0.39 is 0 Å². The summed E-state index contributed by atoms with van der Waals surface area (Å²) in [6.45, 7) is 2.57. The Morgan fingerprint density at radius 1 is 0.489 bits per heavy atom. The lowest BCUT2D eigenvalue weighted by molar-refractivity contribution is 0.320. The Morgan fingerprint density at radius 3 is 1.79 bits per heavy atom. The normalized spacial score (nSPS) is 22.6. The van der Waals surface area contributed by atoms with Gasteiger partial charge in [0.25, 0.3) is 0 Å². The van der Waals surface area contributed by atoms with E-state index in [0.717, 1.165) is 19.3 Å². The molecule has 0 nitrogen and oxygen atoms in total. The molecule has 5 aromatic rings. The second kappa shape index (κ2) is 11.2. The van der Waals surface area contributed by atoms with E-state index in [1.807, 2.05) is 0 Å². The summed E-state index contributed by atoms with van der Waals surface area (Å²) in [4.78, 5) is 0. The Kier molecular flexibility index (Phi) is 6.71. The largest absolute Gasteiger partial charge is 0.0879 e. The molecule has 0 heterocycles. The van der Waals surface area contributed by atoms with Crippen LogP contribution in [0.5, 0.6) is 0 Å². The third-order valence-electron chi connectivity index (χ3n) is 11.2. The van der Waals surface area contributed by atoms with E-state index in [-0.39, 0.29) is 5.41 Å². The highest BCUT2D eigenvalue weighted by molar-refractivity contribution is 6.00. The minimum atomic E-state index is -0.0461. The molecule has 0 aliphatic heterocycles. The van der Waals surface area contributed by atoms with Gasteiger partial charge in [-0.1, -0.05) is 171 Å². The molecule has 3 atom stereocenters. The van der Waals surface area contributed by atoms with Crippen LogP contribution in [0.3, 0.4) is 0 Å². The standard InChI is InChI=1S/C47H38/c1-47-31-15-14-26-42(47)44(35-29-27-33(28-30-35)32-16-4-2-5-17-32)40-24-12-13-25-41(40)46(47)45-38-22-10-8-20-36(38)43(34-18-6-3-7-19-34)37-21-9-11-23-39(37)45/h2-22,24-25,27-30,39,42H,23,26,31H2,1H3. The Bertz CT molecular complexity index is 2370. The van der Waals surface area contributed by atoms with Gasteiger partial charge in [0.2, 0.25) is 0 Å². The van der Waals surface area contributed by atoms with Crippen molar-refractivity contribution >= 4 is 22.3 Å². The third kappa shape index (κ3) is 4.43. The van der Waals surface area contributed by atoms with E-state index in [1.165, 1.54) is 65.4 Å². The SMILES string of the molecule is CC12CC=CCC1C(c1ccc(-c3ccccc3)cc1)=c1ccccc1=C2C1=c2ccccc2=C(c2ccccc2)C2=CC=CCC21. The summed E-state index contributed by atoms with van der Waals surface area (Å²) in [5.41, 5.74) is 12.6. The average Bonchev–Trinajstić information content (AvgIpc) is 3.14. The highest BCUT2D eigenvalue weighted by Crippen LogP contribution is 2.55. The molecule has 0 bridgehead atoms. The van der Waals surface area contributed by atoms with Crippen LogP contribution in [0.15, 0.2) is 169 Å². The molecule has 3 unspecified atom stereocenters. The van der Waals surface area contributed by atoms with Crippen LogP contribution in [0.4, 0.5) is 0 Å². The van der Waals surface area contributed by atoms with Gasteiger partial charge in [0.15, 0.2) is 0 Å². The maximum atomic E-state index is 2.57. The molecule has 0 N–H and O–H groups in total. The first kappa shape index (κ1) is 28.1. The zero-order valence-electron chi connectivity index (χ0n) is 26.9. The van der Waals surface area contributed by atoms with Crippen LogP contribution in [-0.4, -0.2) is 0 Å². The number of hydrogen-bond donors (Lipinski definition) is 0. The molecule has 0 heteroatoms. The molecule has 0 spiro atoms. The fraction of sp³-hybridized carbons (Fsp3) is 0.149. The fourth-order valence-corrected chi connectivity index (χ4v) is 9.06. The molecule has 0 amide bonds. The van der Waals surface area contributed by atoms with Crippen molar-refractivity contribution in [3.63, 3.8) is 0 Å². The lowest BCUT2D eigenvalue weighted by Gasteiger charge is -2.48. The predicted octanol–water partition coefficient (Wildman–Crippen LogP) is 8.26. The van der Waals surface area contributed by atoms with Gasteiger partial charge in [-0.15, -0.1) is 0 Å². The van der Waals surface area contributed by atoms with E-state index >= 15 is 0 Å². The smallest absolute Gasteiger partial charge is 0.0140 e. The van der Waals surface area contributed by atoms with Crippen molar-refractivity contribution in [1.82, 2.24) is 0 Å². The topological polar surface area (TPSA) is 0 Å². The highest BCUT2D eigenvalue weighted by atomic mass is 14.5. The molecule has 47 heavy (non-hydrogen) atoms. The van der Waals surface area contributed by atoms with Crippen molar-refractivity contribution in [2.75, 3.05) is 0 Å². The van der Waals surface area contributed by atoms with Gasteiger partial charge in [0.05, 0.1) is 0 Å². The lowest BCUT2D eigenvalue weighted by atomic mass is 9.55. The quantitative estimate of drug-likeness (QED) is 0.182. The molecule has 0 saturated heterocycles. The van der Waals surface area contributed by atoms with E-state index in [9.17, 15) is 0 Å². The van der Waals surface area contributed by atoms with Gasteiger partial charge in [-0.3, -0.25) is 0 Å². The summed E-state index contributed by atoms with van der Waals surface area (Å²) in [6, 6.07) is 49.7. The maximum absolute atomic E-state index is 2.57. The van der Waals surface area contributed by atoms with Crippen molar-refractivity contribution in [2.45, 2.75) is 26.2 Å². The van der Waals surface area contributed by atoms with Gasteiger partial charge in [-0.2, -0.15) is 0 Å². The first-order valence-electron chi connectivity index (χ1n) is 17.1. The van der Waals surface area contributed by atoms with Gasteiger partial charge in [-0.25, -0.2) is 0 Å². The molecule has 0 saturated carbocycles. The second-order valence-electron chi connectivity index (χ2n) is 13.7. The number of benzene rings is 5. The van der Waals surface area contributed by atoms with Gasteiger partial charge in [-0.05, 0) is 96.2 Å². The number of hydrogen-bond acceptors (Lipinski definition) is 0. The summed E-state index contributed by atoms with van der Waals surface area (Å²) in [5, 5.41) is 5.56. The molecule has 9 rings (SSSR count). The number of allylic oxidation sites excluding steroid dienone is 6. The Hall–Kier alpha value is -5.20. The van der Waals surface area contributed by atoms with Crippen molar-refractivity contribution in [2.24, 2.45) is 17.3 Å². The molecule has 0 radical (unpaired) electrons. The van der Waals surface area contributed by atoms with E-state index in [0.29, 0.717) is 11.8 Å². The van der Waals surface area contributed by atoms with E-state index in [1.54, 1.807) is 5.57 Å². The Labute approximate surface area is 277 Å². The molecule has 0 fully saturated rings. The van der Waals surface area contributed by atoms with Crippen LogP contribution < -0.4 is 20.9 Å². The molecular formula is C47H38. The van der Waals surface area contributed by atoms with Crippen molar-refractivity contribution in [3.8, 4) is 11.1 Å². The van der Waals surface area contributed by atoms with Crippen LogP contribution in [0.25, 0.3) is 33.4 Å². The van der Waals surface area contributed by atoms with Crippen LogP contribution >= 0.6 is 0 Å². The van der Waals surface area contributed by atoms with E-state index in [4.69, 9.17) is 0 Å². The van der Waals surface area contributed by atoms with Crippen LogP contribution in [-0.2, 0) is 0 Å². The number of fused-ring (bicyclic) bond motifs is 4. The summed E-state index contributed by atoms with van der Waals surface area (Å²) < 4.78 is 0. The van der Waals surface area contributed by atoms with Gasteiger partial charge >= 0.3 is 0 Å². The monoisotopic (exact) mass is 602 g/mol. The van der Waals surface area contributed by atoms with Gasteiger partial charge in [0, 0.05) is 11.3 Å². The van der Waals surface area contributed by atoms with Crippen LogP contribution in [0, 0.1) is 17.3 Å². The molecular weight excluding hydrogens is 565 g/mol. The Morgan fingerprint density at radius 2 is 1.06 bits per heavy atom. The van der Waals surface area contributed by atoms with Gasteiger partial charge in [0.1, 0.15) is 0 Å².